The normalized spacial score (nSPS) is 16.1. The summed E-state index contributed by atoms with van der Waals surface area (Å²) in [6.07, 6.45) is 7.46. The van der Waals surface area contributed by atoms with E-state index < -0.39 is 0 Å². The highest BCUT2D eigenvalue weighted by Gasteiger charge is 2.22. The van der Waals surface area contributed by atoms with Gasteiger partial charge in [0.25, 0.3) is 0 Å². The minimum absolute atomic E-state index is 0.578. The number of hydrogen-bond donors (Lipinski definition) is 1. The first-order valence-electron chi connectivity index (χ1n) is 7.61. The lowest BCUT2D eigenvalue weighted by Crippen LogP contribution is -2.39. The zero-order valence-corrected chi connectivity index (χ0v) is 12.6. The summed E-state index contributed by atoms with van der Waals surface area (Å²) in [6, 6.07) is 2.52. The third kappa shape index (κ3) is 3.82. The smallest absolute Gasteiger partial charge is 0.218 e. The monoisotopic (exact) mass is 278 g/mol. The second kappa shape index (κ2) is 7.43. The fourth-order valence-corrected chi connectivity index (χ4v) is 2.92. The van der Waals surface area contributed by atoms with Crippen LogP contribution in [0, 0.1) is 6.92 Å². The molecular weight excluding hydrogens is 252 g/mol. The highest BCUT2D eigenvalue weighted by molar-refractivity contribution is 5.43. The summed E-state index contributed by atoms with van der Waals surface area (Å²) in [7, 11) is 1.65. The van der Waals surface area contributed by atoms with Crippen molar-refractivity contribution in [1.29, 1.82) is 0 Å². The van der Waals surface area contributed by atoms with Crippen LogP contribution >= 0.6 is 0 Å². The maximum atomic E-state index is 5.69. The van der Waals surface area contributed by atoms with Gasteiger partial charge in [0.2, 0.25) is 5.88 Å². The Morgan fingerprint density at radius 3 is 2.70 bits per heavy atom. The van der Waals surface area contributed by atoms with Crippen LogP contribution in [0.25, 0.3) is 0 Å². The molecule has 1 fully saturated rings. The van der Waals surface area contributed by atoms with Gasteiger partial charge in [0.1, 0.15) is 11.6 Å². The Bertz CT molecular complexity index is 418. The average molecular weight is 278 g/mol. The molecule has 112 valence electrons. The van der Waals surface area contributed by atoms with E-state index in [0.717, 1.165) is 24.6 Å². The molecule has 0 saturated heterocycles. The van der Waals surface area contributed by atoms with Gasteiger partial charge in [0, 0.05) is 18.7 Å². The number of rotatable bonds is 6. The van der Waals surface area contributed by atoms with Crippen molar-refractivity contribution < 1.29 is 4.74 Å². The molecule has 5 nitrogen and oxygen atoms in total. The number of ether oxygens (including phenoxy) is 1. The van der Waals surface area contributed by atoms with Crippen LogP contribution in [0.1, 0.15) is 44.3 Å². The third-order valence-electron chi connectivity index (χ3n) is 3.92. The summed E-state index contributed by atoms with van der Waals surface area (Å²) in [5.74, 6) is 2.38. The van der Waals surface area contributed by atoms with Crippen molar-refractivity contribution in [2.24, 2.45) is 5.73 Å². The summed E-state index contributed by atoms with van der Waals surface area (Å²) in [5.41, 5.74) is 5.69. The van der Waals surface area contributed by atoms with E-state index in [0.29, 0.717) is 18.5 Å². The van der Waals surface area contributed by atoms with Gasteiger partial charge in [-0.25, -0.2) is 4.98 Å². The summed E-state index contributed by atoms with van der Waals surface area (Å²) in [4.78, 5) is 11.3. The molecule has 1 saturated carbocycles. The number of aryl methyl sites for hydroxylation is 1. The maximum Gasteiger partial charge on any atom is 0.218 e. The van der Waals surface area contributed by atoms with Crippen molar-refractivity contribution in [2.75, 3.05) is 25.1 Å². The quantitative estimate of drug-likeness (QED) is 0.865. The van der Waals surface area contributed by atoms with Crippen LogP contribution in [-0.2, 0) is 0 Å². The predicted octanol–water partition coefficient (Wildman–Crippen LogP) is 2.28. The SMILES string of the molecule is COc1cc(N(CCCN)C2CCCCC2)nc(C)n1. The second-order valence-electron chi connectivity index (χ2n) is 5.44. The molecule has 0 bridgehead atoms. The van der Waals surface area contributed by atoms with Crippen molar-refractivity contribution >= 4 is 5.82 Å². The molecule has 1 heterocycles. The lowest BCUT2D eigenvalue weighted by molar-refractivity contribution is 0.391. The van der Waals surface area contributed by atoms with Crippen LogP contribution < -0.4 is 15.4 Å². The first-order valence-corrected chi connectivity index (χ1v) is 7.61. The molecule has 0 aliphatic heterocycles. The number of nitrogens with two attached hydrogens (primary N) is 1. The number of anilines is 1. The van der Waals surface area contributed by atoms with Crippen molar-refractivity contribution in [3.63, 3.8) is 0 Å². The Morgan fingerprint density at radius 1 is 1.30 bits per heavy atom. The molecule has 5 heteroatoms. The zero-order valence-electron chi connectivity index (χ0n) is 12.6. The molecule has 0 radical (unpaired) electrons. The van der Waals surface area contributed by atoms with E-state index in [-0.39, 0.29) is 0 Å². The largest absolute Gasteiger partial charge is 0.481 e. The van der Waals surface area contributed by atoms with Crippen LogP contribution in [-0.4, -0.2) is 36.2 Å². The van der Waals surface area contributed by atoms with E-state index in [1.807, 2.05) is 13.0 Å². The fraction of sp³-hybridized carbons (Fsp3) is 0.733. The lowest BCUT2D eigenvalue weighted by Gasteiger charge is -2.35. The van der Waals surface area contributed by atoms with Crippen molar-refractivity contribution in [2.45, 2.75) is 51.5 Å². The van der Waals surface area contributed by atoms with Crippen molar-refractivity contribution in [3.8, 4) is 5.88 Å². The first-order chi connectivity index (χ1) is 9.74. The summed E-state index contributed by atoms with van der Waals surface area (Å²) in [5, 5.41) is 0. The van der Waals surface area contributed by atoms with E-state index >= 15 is 0 Å². The maximum absolute atomic E-state index is 5.69. The van der Waals surface area contributed by atoms with E-state index in [4.69, 9.17) is 10.5 Å². The molecule has 2 N–H and O–H groups in total. The predicted molar refractivity (Wildman–Crippen MR) is 81.2 cm³/mol. The topological polar surface area (TPSA) is 64.3 Å². The number of methoxy groups -OCH3 is 1. The van der Waals surface area contributed by atoms with Gasteiger partial charge in [-0.3, -0.25) is 0 Å². The first kappa shape index (κ1) is 15.0. The van der Waals surface area contributed by atoms with Crippen LogP contribution in [0.2, 0.25) is 0 Å². The van der Waals surface area contributed by atoms with Crippen molar-refractivity contribution in [3.05, 3.63) is 11.9 Å². The molecule has 2 rings (SSSR count). The fourth-order valence-electron chi connectivity index (χ4n) is 2.92. The lowest BCUT2D eigenvalue weighted by atomic mass is 9.94. The molecular formula is C15H26N4O. The molecule has 1 aliphatic carbocycles. The van der Waals surface area contributed by atoms with Gasteiger partial charge in [-0.2, -0.15) is 4.98 Å². The Labute approximate surface area is 121 Å². The number of aromatic nitrogens is 2. The van der Waals surface area contributed by atoms with E-state index in [1.54, 1.807) is 7.11 Å². The summed E-state index contributed by atoms with van der Waals surface area (Å²) < 4.78 is 5.28. The van der Waals surface area contributed by atoms with Gasteiger partial charge in [0.05, 0.1) is 7.11 Å². The van der Waals surface area contributed by atoms with Gasteiger partial charge in [-0.15, -0.1) is 0 Å². The second-order valence-corrected chi connectivity index (χ2v) is 5.44. The Balaban J connectivity index is 2.22. The minimum atomic E-state index is 0.578. The zero-order chi connectivity index (χ0) is 14.4. The van der Waals surface area contributed by atoms with Gasteiger partial charge >= 0.3 is 0 Å². The summed E-state index contributed by atoms with van der Waals surface area (Å²) >= 11 is 0. The molecule has 0 unspecified atom stereocenters. The van der Waals surface area contributed by atoms with Crippen LogP contribution in [0.4, 0.5) is 5.82 Å². The highest BCUT2D eigenvalue weighted by atomic mass is 16.5. The van der Waals surface area contributed by atoms with Gasteiger partial charge < -0.3 is 15.4 Å². The molecule has 0 spiro atoms. The molecule has 0 aromatic carbocycles. The third-order valence-corrected chi connectivity index (χ3v) is 3.92. The van der Waals surface area contributed by atoms with E-state index in [2.05, 4.69) is 14.9 Å². The van der Waals surface area contributed by atoms with Crippen molar-refractivity contribution in [1.82, 2.24) is 9.97 Å². The molecule has 20 heavy (non-hydrogen) atoms. The average Bonchev–Trinajstić information content (AvgIpc) is 2.48. The molecule has 1 aromatic rings. The molecule has 0 atom stereocenters. The van der Waals surface area contributed by atoms with E-state index in [9.17, 15) is 0 Å². The summed E-state index contributed by atoms with van der Waals surface area (Å²) in [6.45, 7) is 3.58. The minimum Gasteiger partial charge on any atom is -0.481 e. The standard InChI is InChI=1S/C15H26N4O/c1-12-17-14(11-15(18-12)20-2)19(10-6-9-16)13-7-4-3-5-8-13/h11,13H,3-10,16H2,1-2H3. The van der Waals surface area contributed by atoms with E-state index in [1.165, 1.54) is 32.1 Å². The Kier molecular flexibility index (Phi) is 5.59. The number of nitrogens with zero attached hydrogens (tertiary/aromatic N) is 3. The van der Waals surface area contributed by atoms with Gasteiger partial charge in [0.15, 0.2) is 0 Å². The Morgan fingerprint density at radius 2 is 2.05 bits per heavy atom. The molecule has 1 aliphatic rings. The van der Waals surface area contributed by atoms with Gasteiger partial charge in [-0.05, 0) is 32.7 Å². The molecule has 1 aromatic heterocycles. The molecule has 0 amide bonds. The van der Waals surface area contributed by atoms with Crippen LogP contribution in [0.15, 0.2) is 6.07 Å². The number of hydrogen-bond acceptors (Lipinski definition) is 5. The Hall–Kier alpha value is -1.36. The van der Waals surface area contributed by atoms with Gasteiger partial charge in [-0.1, -0.05) is 19.3 Å². The van der Waals surface area contributed by atoms with Crippen LogP contribution in [0.3, 0.4) is 0 Å². The highest BCUT2D eigenvalue weighted by Crippen LogP contribution is 2.27. The van der Waals surface area contributed by atoms with Crippen LogP contribution in [0.5, 0.6) is 5.88 Å².